The maximum Gasteiger partial charge on any atom is 0.0254 e. The molecule has 0 aromatic rings. The summed E-state index contributed by atoms with van der Waals surface area (Å²) in [5.74, 6) is 5.30. The lowest BCUT2D eigenvalue weighted by Gasteiger charge is -2.24. The summed E-state index contributed by atoms with van der Waals surface area (Å²) in [5.41, 5.74) is 2.75. The Hall–Kier alpha value is -0.120. The highest BCUT2D eigenvalue weighted by Crippen LogP contribution is 2.13. The molecular formula is C8H19N3. The Balaban J connectivity index is 2.32. The highest BCUT2D eigenvalue weighted by molar-refractivity contribution is 4.73. The van der Waals surface area contributed by atoms with Gasteiger partial charge in [0.2, 0.25) is 0 Å². The largest absolute Gasteiger partial charge is 0.302 e. The Morgan fingerprint density at radius 2 is 2.27 bits per heavy atom. The van der Waals surface area contributed by atoms with Gasteiger partial charge < -0.3 is 4.90 Å². The molecule has 0 aromatic carbocycles. The van der Waals surface area contributed by atoms with Crippen molar-refractivity contribution in [2.24, 2.45) is 5.84 Å². The zero-order valence-electron chi connectivity index (χ0n) is 7.34. The molecule has 1 fully saturated rings. The van der Waals surface area contributed by atoms with Crippen molar-refractivity contribution in [2.75, 3.05) is 20.1 Å². The van der Waals surface area contributed by atoms with Crippen LogP contribution in [0.5, 0.6) is 0 Å². The molecular weight excluding hydrogens is 138 g/mol. The average Bonchev–Trinajstić information content (AvgIpc) is 2.18. The summed E-state index contributed by atoms with van der Waals surface area (Å²) in [6, 6.07) is 0.655. The third-order valence-corrected chi connectivity index (χ3v) is 2.52. The van der Waals surface area contributed by atoms with E-state index in [0.29, 0.717) is 6.04 Å². The van der Waals surface area contributed by atoms with E-state index in [0.717, 1.165) is 6.54 Å². The molecule has 3 N–H and O–H groups in total. The van der Waals surface area contributed by atoms with Crippen LogP contribution in [0.15, 0.2) is 0 Å². The molecule has 1 saturated heterocycles. The van der Waals surface area contributed by atoms with Crippen LogP contribution < -0.4 is 11.3 Å². The average molecular weight is 157 g/mol. The molecule has 1 rings (SSSR count). The van der Waals surface area contributed by atoms with Gasteiger partial charge in [0.25, 0.3) is 0 Å². The van der Waals surface area contributed by atoms with Gasteiger partial charge in [0.05, 0.1) is 0 Å². The van der Waals surface area contributed by atoms with Gasteiger partial charge in [-0.3, -0.25) is 11.3 Å². The van der Waals surface area contributed by atoms with Crippen LogP contribution in [0.3, 0.4) is 0 Å². The first-order valence-electron chi connectivity index (χ1n) is 4.48. The highest BCUT2D eigenvalue weighted by atomic mass is 15.2. The number of rotatable bonds is 2. The first kappa shape index (κ1) is 8.97. The number of hydrogen-bond donors (Lipinski definition) is 2. The normalized spacial score (nSPS) is 28.4. The number of nitrogens with zero attached hydrogens (tertiary/aromatic N) is 1. The summed E-state index contributed by atoms with van der Waals surface area (Å²) in [6.45, 7) is 2.16. The lowest BCUT2D eigenvalue weighted by Crippen LogP contribution is -2.41. The molecule has 1 heterocycles. The van der Waals surface area contributed by atoms with E-state index in [-0.39, 0.29) is 0 Å². The standard InChI is InChI=1S/C8H19N3/c1-11-6-4-2-3-5-8(11)7-10-9/h8,10H,2-7,9H2,1H3. The van der Waals surface area contributed by atoms with Crippen molar-refractivity contribution in [1.29, 1.82) is 0 Å². The molecule has 1 unspecified atom stereocenters. The molecule has 0 saturated carbocycles. The van der Waals surface area contributed by atoms with Crippen LogP contribution in [-0.2, 0) is 0 Å². The Bertz CT molecular complexity index is 106. The summed E-state index contributed by atoms with van der Waals surface area (Å²) in [5, 5.41) is 0. The predicted molar refractivity (Wildman–Crippen MR) is 47.1 cm³/mol. The van der Waals surface area contributed by atoms with E-state index in [9.17, 15) is 0 Å². The van der Waals surface area contributed by atoms with Gasteiger partial charge in [-0.05, 0) is 26.4 Å². The van der Waals surface area contributed by atoms with Crippen molar-refractivity contribution < 1.29 is 0 Å². The van der Waals surface area contributed by atoms with Crippen LogP contribution in [0, 0.1) is 0 Å². The van der Waals surface area contributed by atoms with Crippen LogP contribution in [0.4, 0.5) is 0 Å². The van der Waals surface area contributed by atoms with Gasteiger partial charge in [0.1, 0.15) is 0 Å². The first-order chi connectivity index (χ1) is 5.34. The fraction of sp³-hybridized carbons (Fsp3) is 1.00. The maximum absolute atomic E-state index is 5.30. The number of likely N-dealkylation sites (N-methyl/N-ethyl adjacent to an activating group) is 1. The van der Waals surface area contributed by atoms with E-state index < -0.39 is 0 Å². The van der Waals surface area contributed by atoms with Gasteiger partial charge in [-0.1, -0.05) is 12.8 Å². The maximum atomic E-state index is 5.30. The molecule has 1 aliphatic rings. The number of nitrogens with two attached hydrogens (primary N) is 1. The molecule has 0 bridgehead atoms. The summed E-state index contributed by atoms with van der Waals surface area (Å²) >= 11 is 0. The molecule has 11 heavy (non-hydrogen) atoms. The predicted octanol–water partition coefficient (Wildman–Crippen LogP) is 0.324. The van der Waals surface area contributed by atoms with Crippen molar-refractivity contribution in [3.8, 4) is 0 Å². The smallest absolute Gasteiger partial charge is 0.0254 e. The quantitative estimate of drug-likeness (QED) is 0.448. The van der Waals surface area contributed by atoms with E-state index >= 15 is 0 Å². The van der Waals surface area contributed by atoms with Crippen LogP contribution >= 0.6 is 0 Å². The second-order valence-electron chi connectivity index (χ2n) is 3.39. The summed E-state index contributed by atoms with van der Waals surface area (Å²) in [4.78, 5) is 2.41. The second-order valence-corrected chi connectivity index (χ2v) is 3.39. The highest BCUT2D eigenvalue weighted by Gasteiger charge is 2.15. The topological polar surface area (TPSA) is 41.3 Å². The van der Waals surface area contributed by atoms with Gasteiger partial charge in [-0.15, -0.1) is 0 Å². The van der Waals surface area contributed by atoms with Crippen molar-refractivity contribution in [3.63, 3.8) is 0 Å². The van der Waals surface area contributed by atoms with Crippen molar-refractivity contribution in [2.45, 2.75) is 31.7 Å². The van der Waals surface area contributed by atoms with Gasteiger partial charge in [0, 0.05) is 12.6 Å². The zero-order valence-corrected chi connectivity index (χ0v) is 7.34. The Morgan fingerprint density at radius 1 is 1.45 bits per heavy atom. The SMILES string of the molecule is CN1CCCCCC1CNN. The Labute approximate surface area is 68.9 Å². The van der Waals surface area contributed by atoms with Gasteiger partial charge >= 0.3 is 0 Å². The number of hydrogen-bond acceptors (Lipinski definition) is 3. The van der Waals surface area contributed by atoms with Crippen molar-refractivity contribution in [3.05, 3.63) is 0 Å². The van der Waals surface area contributed by atoms with Crippen molar-refractivity contribution >= 4 is 0 Å². The van der Waals surface area contributed by atoms with E-state index in [4.69, 9.17) is 5.84 Å². The lowest BCUT2D eigenvalue weighted by atomic mass is 10.1. The summed E-state index contributed by atoms with van der Waals surface area (Å²) in [7, 11) is 2.19. The molecule has 0 radical (unpaired) electrons. The molecule has 0 aliphatic carbocycles. The number of nitrogens with one attached hydrogen (secondary N) is 1. The molecule has 1 aliphatic heterocycles. The third-order valence-electron chi connectivity index (χ3n) is 2.52. The summed E-state index contributed by atoms with van der Waals surface area (Å²) < 4.78 is 0. The van der Waals surface area contributed by atoms with Crippen LogP contribution in [0.1, 0.15) is 25.7 Å². The monoisotopic (exact) mass is 157 g/mol. The fourth-order valence-corrected chi connectivity index (χ4v) is 1.71. The third kappa shape index (κ3) is 2.77. The van der Waals surface area contributed by atoms with E-state index in [1.165, 1.54) is 32.2 Å². The molecule has 0 aromatic heterocycles. The van der Waals surface area contributed by atoms with Crippen LogP contribution in [0.25, 0.3) is 0 Å². The Morgan fingerprint density at radius 3 is 3.00 bits per heavy atom. The number of likely N-dealkylation sites (tertiary alicyclic amines) is 1. The Kier molecular flexibility index (Phi) is 3.83. The molecule has 3 heteroatoms. The minimum absolute atomic E-state index is 0.655. The van der Waals surface area contributed by atoms with E-state index in [1.807, 2.05) is 0 Å². The van der Waals surface area contributed by atoms with Crippen LogP contribution in [-0.4, -0.2) is 31.1 Å². The fourth-order valence-electron chi connectivity index (χ4n) is 1.71. The van der Waals surface area contributed by atoms with Crippen molar-refractivity contribution in [1.82, 2.24) is 10.3 Å². The van der Waals surface area contributed by atoms with Crippen LogP contribution in [0.2, 0.25) is 0 Å². The molecule has 1 atom stereocenters. The number of hydrazine groups is 1. The second kappa shape index (κ2) is 4.70. The van der Waals surface area contributed by atoms with Gasteiger partial charge in [-0.2, -0.15) is 0 Å². The molecule has 0 amide bonds. The molecule has 66 valence electrons. The van der Waals surface area contributed by atoms with E-state index in [1.54, 1.807) is 0 Å². The molecule has 0 spiro atoms. The zero-order chi connectivity index (χ0) is 8.10. The minimum atomic E-state index is 0.655. The van der Waals surface area contributed by atoms with Gasteiger partial charge in [0.15, 0.2) is 0 Å². The first-order valence-corrected chi connectivity index (χ1v) is 4.48. The van der Waals surface area contributed by atoms with E-state index in [2.05, 4.69) is 17.4 Å². The minimum Gasteiger partial charge on any atom is -0.302 e. The summed E-state index contributed by atoms with van der Waals surface area (Å²) in [6.07, 6.45) is 5.38. The molecule has 3 nitrogen and oxygen atoms in total. The lowest BCUT2D eigenvalue weighted by molar-refractivity contribution is 0.240. The van der Waals surface area contributed by atoms with Gasteiger partial charge in [-0.25, -0.2) is 0 Å².